The average molecular weight is 361 g/mol. The molecule has 1 amide bonds. The molecule has 2 N–H and O–H groups in total. The molecule has 2 heterocycles. The lowest BCUT2D eigenvalue weighted by molar-refractivity contribution is -0.118. The summed E-state index contributed by atoms with van der Waals surface area (Å²) in [5, 5.41) is 7.45. The molecule has 6 nitrogen and oxygen atoms in total. The molecule has 3 aromatic rings. The Morgan fingerprint density at radius 1 is 1.38 bits per heavy atom. The molecule has 0 radical (unpaired) electrons. The largest absolute Gasteiger partial charge is 0.461 e. The molecule has 24 heavy (non-hydrogen) atoms. The quantitative estimate of drug-likeness (QED) is 0.695. The number of hydrogen-bond acceptors (Lipinski definition) is 4. The molecule has 1 saturated carbocycles. The number of H-pyrrole nitrogens is 1. The molecular formula is C16H13ClN4O2S. The van der Waals surface area contributed by atoms with Crippen molar-refractivity contribution in [3.63, 3.8) is 0 Å². The van der Waals surface area contributed by atoms with Gasteiger partial charge in [0, 0.05) is 10.9 Å². The van der Waals surface area contributed by atoms with Gasteiger partial charge < -0.3 is 4.42 Å². The van der Waals surface area contributed by atoms with Crippen molar-refractivity contribution < 1.29 is 9.21 Å². The van der Waals surface area contributed by atoms with Crippen molar-refractivity contribution in [2.45, 2.75) is 12.3 Å². The molecule has 0 saturated heterocycles. The number of carbonyl (C=O) groups is 1. The minimum atomic E-state index is -0.133. The van der Waals surface area contributed by atoms with Crippen molar-refractivity contribution in [2.75, 3.05) is 5.43 Å². The third-order valence-corrected chi connectivity index (χ3v) is 4.69. The molecule has 0 bridgehead atoms. The van der Waals surface area contributed by atoms with Crippen LogP contribution in [0.25, 0.3) is 11.6 Å². The standard InChI is InChI=1S/C16H13ClN4O2S/c17-12-5-2-1-4-9(12)10-8-11(10)15(22)20-21-14(18-19-16(21)24)13-6-3-7-23-13/h1-7,10-11H,8H2,(H,19,24)(H,20,22)/t10-,11-/m0/s1. The van der Waals surface area contributed by atoms with Crippen LogP contribution in [-0.4, -0.2) is 20.8 Å². The van der Waals surface area contributed by atoms with E-state index in [4.69, 9.17) is 28.2 Å². The van der Waals surface area contributed by atoms with Crippen molar-refractivity contribution in [1.82, 2.24) is 14.9 Å². The number of aromatic amines is 1. The highest BCUT2D eigenvalue weighted by Gasteiger charge is 2.45. The van der Waals surface area contributed by atoms with Gasteiger partial charge in [-0.25, -0.2) is 9.77 Å². The number of rotatable bonds is 4. The summed E-state index contributed by atoms with van der Waals surface area (Å²) in [6.45, 7) is 0. The van der Waals surface area contributed by atoms with E-state index < -0.39 is 0 Å². The Bertz CT molecular complexity index is 947. The van der Waals surface area contributed by atoms with E-state index in [-0.39, 0.29) is 17.7 Å². The van der Waals surface area contributed by atoms with Gasteiger partial charge in [-0.1, -0.05) is 29.8 Å². The summed E-state index contributed by atoms with van der Waals surface area (Å²) in [6, 6.07) is 11.1. The Morgan fingerprint density at radius 3 is 2.96 bits per heavy atom. The Hall–Kier alpha value is -2.38. The maximum absolute atomic E-state index is 12.5. The Kier molecular flexibility index (Phi) is 3.74. The minimum absolute atomic E-state index is 0.120. The highest BCUT2D eigenvalue weighted by Crippen LogP contribution is 2.49. The summed E-state index contributed by atoms with van der Waals surface area (Å²) in [5.41, 5.74) is 3.81. The molecular weight excluding hydrogens is 348 g/mol. The third-order valence-electron chi connectivity index (χ3n) is 4.07. The molecule has 1 aromatic carbocycles. The zero-order valence-corrected chi connectivity index (χ0v) is 14.0. The molecule has 1 fully saturated rings. The lowest BCUT2D eigenvalue weighted by atomic mass is 10.1. The summed E-state index contributed by atoms with van der Waals surface area (Å²) < 4.78 is 7.04. The molecule has 4 rings (SSSR count). The number of benzene rings is 1. The SMILES string of the molecule is O=C(Nn1c(-c2ccco2)n[nH]c1=S)[C@H]1C[C@H]1c1ccccc1Cl. The minimum Gasteiger partial charge on any atom is -0.461 e. The van der Waals surface area contributed by atoms with Crippen molar-refractivity contribution >= 4 is 29.7 Å². The molecule has 2 atom stereocenters. The number of aromatic nitrogens is 3. The first-order chi connectivity index (χ1) is 11.6. The second-order valence-electron chi connectivity index (χ2n) is 5.61. The van der Waals surface area contributed by atoms with Gasteiger partial charge in [0.15, 0.2) is 5.76 Å². The monoisotopic (exact) mass is 360 g/mol. The Morgan fingerprint density at radius 2 is 2.21 bits per heavy atom. The van der Waals surface area contributed by atoms with Crippen LogP contribution in [0.3, 0.4) is 0 Å². The number of halogens is 1. The third kappa shape index (κ3) is 2.65. The summed E-state index contributed by atoms with van der Waals surface area (Å²) in [7, 11) is 0. The molecule has 2 aromatic heterocycles. The van der Waals surface area contributed by atoms with Crippen LogP contribution < -0.4 is 5.43 Å². The molecule has 0 unspecified atom stereocenters. The van der Waals surface area contributed by atoms with Gasteiger partial charge in [0.05, 0.1) is 6.26 Å². The number of amides is 1. The van der Waals surface area contributed by atoms with Crippen LogP contribution in [0.2, 0.25) is 5.02 Å². The first kappa shape index (κ1) is 15.2. The maximum Gasteiger partial charge on any atom is 0.242 e. The van der Waals surface area contributed by atoms with Gasteiger partial charge in [0.25, 0.3) is 0 Å². The van der Waals surface area contributed by atoms with Gasteiger partial charge in [-0.15, -0.1) is 5.10 Å². The van der Waals surface area contributed by atoms with Crippen LogP contribution in [0, 0.1) is 10.7 Å². The summed E-state index contributed by atoms with van der Waals surface area (Å²) in [5.74, 6) is 0.817. The zero-order chi connectivity index (χ0) is 16.7. The topological polar surface area (TPSA) is 75.8 Å². The van der Waals surface area contributed by atoms with Gasteiger partial charge in [0.2, 0.25) is 16.5 Å². The van der Waals surface area contributed by atoms with E-state index in [0.29, 0.717) is 21.4 Å². The molecule has 8 heteroatoms. The molecule has 122 valence electrons. The van der Waals surface area contributed by atoms with E-state index in [1.54, 1.807) is 12.1 Å². The normalized spacial score (nSPS) is 19.2. The number of nitrogens with one attached hydrogen (secondary N) is 2. The van der Waals surface area contributed by atoms with Crippen LogP contribution in [0.4, 0.5) is 0 Å². The Labute approximate surface area is 147 Å². The highest BCUT2D eigenvalue weighted by atomic mass is 35.5. The van der Waals surface area contributed by atoms with E-state index in [1.165, 1.54) is 10.9 Å². The smallest absolute Gasteiger partial charge is 0.242 e. The second-order valence-corrected chi connectivity index (χ2v) is 6.41. The van der Waals surface area contributed by atoms with Gasteiger partial charge >= 0.3 is 0 Å². The first-order valence-corrected chi connectivity index (χ1v) is 8.20. The van der Waals surface area contributed by atoms with Gasteiger partial charge in [-0.3, -0.25) is 10.2 Å². The summed E-state index contributed by atoms with van der Waals surface area (Å²) in [4.78, 5) is 12.5. The maximum atomic E-state index is 12.5. The van der Waals surface area contributed by atoms with E-state index in [2.05, 4.69) is 15.6 Å². The average Bonchev–Trinajstić information content (AvgIpc) is 3.02. The van der Waals surface area contributed by atoms with E-state index >= 15 is 0 Å². The van der Waals surface area contributed by atoms with Crippen LogP contribution >= 0.6 is 23.8 Å². The van der Waals surface area contributed by atoms with Gasteiger partial charge in [-0.2, -0.15) is 0 Å². The zero-order valence-electron chi connectivity index (χ0n) is 12.4. The van der Waals surface area contributed by atoms with Crippen molar-refractivity contribution in [3.05, 3.63) is 58.0 Å². The number of hydrogen-bond donors (Lipinski definition) is 2. The van der Waals surface area contributed by atoms with Crippen molar-refractivity contribution in [2.24, 2.45) is 5.92 Å². The predicted octanol–water partition coefficient (Wildman–Crippen LogP) is 3.73. The molecule has 1 aliphatic carbocycles. The van der Waals surface area contributed by atoms with E-state index in [0.717, 1.165) is 12.0 Å². The lowest BCUT2D eigenvalue weighted by Crippen LogP contribution is -2.25. The highest BCUT2D eigenvalue weighted by molar-refractivity contribution is 7.71. The summed E-state index contributed by atoms with van der Waals surface area (Å²) >= 11 is 11.4. The second kappa shape index (κ2) is 5.92. The first-order valence-electron chi connectivity index (χ1n) is 7.41. The fraction of sp³-hybridized carbons (Fsp3) is 0.188. The van der Waals surface area contributed by atoms with E-state index in [1.807, 2.05) is 24.3 Å². The molecule has 0 spiro atoms. The number of nitrogens with zero attached hydrogens (tertiary/aromatic N) is 2. The lowest BCUT2D eigenvalue weighted by Gasteiger charge is -2.08. The van der Waals surface area contributed by atoms with Crippen molar-refractivity contribution in [1.29, 1.82) is 0 Å². The predicted molar refractivity (Wildman–Crippen MR) is 91.8 cm³/mol. The molecule has 1 aliphatic rings. The summed E-state index contributed by atoms with van der Waals surface area (Å²) in [6.07, 6.45) is 2.30. The van der Waals surface area contributed by atoms with E-state index in [9.17, 15) is 4.79 Å². The fourth-order valence-corrected chi connectivity index (χ4v) is 3.22. The Balaban J connectivity index is 1.54. The number of carbonyl (C=O) groups excluding carboxylic acids is 1. The molecule has 0 aliphatic heterocycles. The van der Waals surface area contributed by atoms with Crippen molar-refractivity contribution in [3.8, 4) is 11.6 Å². The van der Waals surface area contributed by atoms with Crippen LogP contribution in [0.15, 0.2) is 47.1 Å². The van der Waals surface area contributed by atoms with Gasteiger partial charge in [0.1, 0.15) is 0 Å². The van der Waals surface area contributed by atoms with Gasteiger partial charge in [-0.05, 0) is 48.3 Å². The van der Waals surface area contributed by atoms with Crippen LogP contribution in [0.5, 0.6) is 0 Å². The van der Waals surface area contributed by atoms with Crippen LogP contribution in [-0.2, 0) is 4.79 Å². The number of furan rings is 1. The van der Waals surface area contributed by atoms with Crippen LogP contribution in [0.1, 0.15) is 17.9 Å². The fourth-order valence-electron chi connectivity index (χ4n) is 2.77.